The van der Waals surface area contributed by atoms with Crippen LogP contribution in [0.2, 0.25) is 0 Å². The number of hydrogen-bond donors (Lipinski definition) is 2. The van der Waals surface area contributed by atoms with Crippen LogP contribution in [0.4, 0.5) is 5.69 Å². The Balaban J connectivity index is 1.92. The summed E-state index contributed by atoms with van der Waals surface area (Å²) in [5.74, 6) is -0.591. The second kappa shape index (κ2) is 9.17. The molecule has 0 unspecified atom stereocenters. The predicted octanol–water partition coefficient (Wildman–Crippen LogP) is 2.61. The van der Waals surface area contributed by atoms with Crippen LogP contribution in [0.15, 0.2) is 47.4 Å². The van der Waals surface area contributed by atoms with Gasteiger partial charge in [-0.3, -0.25) is 14.3 Å². The van der Waals surface area contributed by atoms with Crippen LogP contribution in [0.25, 0.3) is 0 Å². The lowest BCUT2D eigenvalue weighted by Gasteiger charge is -2.22. The molecule has 1 heterocycles. The lowest BCUT2D eigenvalue weighted by Crippen LogP contribution is -2.32. The van der Waals surface area contributed by atoms with Gasteiger partial charge in [0, 0.05) is 24.3 Å². The number of rotatable bonds is 6. The number of hydrogen-bond acceptors (Lipinski definition) is 5. The molecule has 2 aromatic carbocycles. The maximum Gasteiger partial charge on any atom is 0.261 e. The van der Waals surface area contributed by atoms with Crippen molar-refractivity contribution < 1.29 is 22.7 Å². The molecule has 160 valence electrons. The molecule has 1 fully saturated rings. The van der Waals surface area contributed by atoms with Crippen molar-refractivity contribution in [3.05, 3.63) is 53.6 Å². The lowest BCUT2D eigenvalue weighted by molar-refractivity contribution is 0.0757. The van der Waals surface area contributed by atoms with Crippen LogP contribution >= 0.6 is 0 Å². The molecule has 30 heavy (non-hydrogen) atoms. The smallest absolute Gasteiger partial charge is 0.261 e. The van der Waals surface area contributed by atoms with Crippen LogP contribution in [0.1, 0.15) is 46.4 Å². The summed E-state index contributed by atoms with van der Waals surface area (Å²) in [5.41, 5.74) is 5.83. The van der Waals surface area contributed by atoms with Crippen molar-refractivity contribution in [3.63, 3.8) is 0 Å². The van der Waals surface area contributed by atoms with Crippen molar-refractivity contribution in [1.82, 2.24) is 4.90 Å². The SMILES string of the molecule is COc1ccc(S(=O)(=O)Nc2cccc(C(N)=O)c2)cc1C(=O)N1CCCCCC1. The van der Waals surface area contributed by atoms with Gasteiger partial charge in [-0.15, -0.1) is 0 Å². The summed E-state index contributed by atoms with van der Waals surface area (Å²) >= 11 is 0. The van der Waals surface area contributed by atoms with Crippen LogP contribution in [0.5, 0.6) is 5.75 Å². The molecule has 3 rings (SSSR count). The number of nitrogens with zero attached hydrogens (tertiary/aromatic N) is 1. The van der Waals surface area contributed by atoms with Gasteiger partial charge < -0.3 is 15.4 Å². The Bertz CT molecular complexity index is 1040. The molecule has 0 spiro atoms. The number of primary amides is 1. The Kier molecular flexibility index (Phi) is 6.61. The van der Waals surface area contributed by atoms with Gasteiger partial charge in [0.05, 0.1) is 17.6 Å². The molecule has 0 radical (unpaired) electrons. The van der Waals surface area contributed by atoms with Gasteiger partial charge in [0.15, 0.2) is 0 Å². The van der Waals surface area contributed by atoms with Crippen LogP contribution in [-0.2, 0) is 10.0 Å². The fraction of sp³-hybridized carbons (Fsp3) is 0.333. The number of methoxy groups -OCH3 is 1. The van der Waals surface area contributed by atoms with Crippen molar-refractivity contribution in [2.75, 3.05) is 24.9 Å². The maximum atomic E-state index is 13.1. The first-order valence-corrected chi connectivity index (χ1v) is 11.2. The number of likely N-dealkylation sites (tertiary alicyclic amines) is 1. The molecule has 1 aliphatic heterocycles. The second-order valence-electron chi connectivity index (χ2n) is 7.12. The van der Waals surface area contributed by atoms with Gasteiger partial charge in [0.1, 0.15) is 5.75 Å². The number of benzene rings is 2. The number of carbonyl (C=O) groups is 2. The summed E-state index contributed by atoms with van der Waals surface area (Å²) in [6, 6.07) is 10.1. The number of nitrogens with two attached hydrogens (primary N) is 1. The first-order valence-electron chi connectivity index (χ1n) is 9.72. The van der Waals surface area contributed by atoms with Gasteiger partial charge in [0.2, 0.25) is 5.91 Å². The Labute approximate surface area is 176 Å². The molecule has 0 aliphatic carbocycles. The lowest BCUT2D eigenvalue weighted by atomic mass is 10.1. The van der Waals surface area contributed by atoms with Gasteiger partial charge in [0.25, 0.3) is 15.9 Å². The molecule has 2 aromatic rings. The predicted molar refractivity (Wildman–Crippen MR) is 113 cm³/mol. The van der Waals surface area contributed by atoms with Gasteiger partial charge >= 0.3 is 0 Å². The minimum absolute atomic E-state index is 0.0778. The average Bonchev–Trinajstić information content (AvgIpc) is 3.02. The largest absolute Gasteiger partial charge is 0.496 e. The highest BCUT2D eigenvalue weighted by Gasteiger charge is 2.24. The van der Waals surface area contributed by atoms with Crippen LogP contribution < -0.4 is 15.2 Å². The van der Waals surface area contributed by atoms with E-state index in [1.165, 1.54) is 49.6 Å². The third-order valence-electron chi connectivity index (χ3n) is 5.00. The minimum atomic E-state index is -4.00. The Morgan fingerprint density at radius 3 is 2.37 bits per heavy atom. The minimum Gasteiger partial charge on any atom is -0.496 e. The highest BCUT2D eigenvalue weighted by Crippen LogP contribution is 2.26. The molecule has 3 N–H and O–H groups in total. The third-order valence-corrected chi connectivity index (χ3v) is 6.38. The van der Waals surface area contributed by atoms with Crippen molar-refractivity contribution in [1.29, 1.82) is 0 Å². The third kappa shape index (κ3) is 4.91. The van der Waals surface area contributed by atoms with Gasteiger partial charge in [-0.2, -0.15) is 0 Å². The van der Waals surface area contributed by atoms with E-state index in [0.717, 1.165) is 25.7 Å². The molecule has 0 bridgehead atoms. The summed E-state index contributed by atoms with van der Waals surface area (Å²) in [5, 5.41) is 0. The zero-order valence-corrected chi connectivity index (χ0v) is 17.6. The van der Waals surface area contributed by atoms with Gasteiger partial charge in [-0.1, -0.05) is 18.9 Å². The zero-order valence-electron chi connectivity index (χ0n) is 16.8. The van der Waals surface area contributed by atoms with E-state index in [0.29, 0.717) is 18.8 Å². The highest BCUT2D eigenvalue weighted by atomic mass is 32.2. The average molecular weight is 432 g/mol. The standard InChI is InChI=1S/C21H25N3O5S/c1-29-19-10-9-17(14-18(19)21(26)24-11-4-2-3-5-12-24)30(27,28)23-16-8-6-7-15(13-16)20(22)25/h6-10,13-14,23H,2-5,11-12H2,1H3,(H2,22,25). The summed E-state index contributed by atoms with van der Waals surface area (Å²) in [7, 11) is -2.56. The molecule has 1 saturated heterocycles. The molecule has 0 saturated carbocycles. The molecule has 1 aliphatic rings. The number of carbonyl (C=O) groups excluding carboxylic acids is 2. The first-order chi connectivity index (χ1) is 14.3. The summed E-state index contributed by atoms with van der Waals surface area (Å²) in [6.07, 6.45) is 3.99. The van der Waals surface area contributed by atoms with E-state index < -0.39 is 15.9 Å². The Morgan fingerprint density at radius 1 is 1.03 bits per heavy atom. The molecular weight excluding hydrogens is 406 g/mol. The molecule has 0 atom stereocenters. The van der Waals surface area contributed by atoms with E-state index in [4.69, 9.17) is 10.5 Å². The molecule has 8 nitrogen and oxygen atoms in total. The second-order valence-corrected chi connectivity index (χ2v) is 8.80. The number of sulfonamides is 1. The maximum absolute atomic E-state index is 13.1. The number of anilines is 1. The van der Waals surface area contributed by atoms with Crippen LogP contribution in [0, 0.1) is 0 Å². The van der Waals surface area contributed by atoms with E-state index in [9.17, 15) is 18.0 Å². The number of nitrogens with one attached hydrogen (secondary N) is 1. The highest BCUT2D eigenvalue weighted by molar-refractivity contribution is 7.92. The number of amides is 2. The van der Waals surface area contributed by atoms with Crippen LogP contribution in [-0.4, -0.2) is 45.3 Å². The van der Waals surface area contributed by atoms with Crippen LogP contribution in [0.3, 0.4) is 0 Å². The quantitative estimate of drug-likeness (QED) is 0.729. The number of ether oxygens (including phenoxy) is 1. The first kappa shape index (κ1) is 21.6. The van der Waals surface area contributed by atoms with E-state index in [1.807, 2.05) is 0 Å². The Morgan fingerprint density at radius 2 is 1.73 bits per heavy atom. The van der Waals surface area contributed by atoms with Crippen molar-refractivity contribution >= 4 is 27.5 Å². The van der Waals surface area contributed by atoms with Crippen molar-refractivity contribution in [3.8, 4) is 5.75 Å². The van der Waals surface area contributed by atoms with Gasteiger partial charge in [-0.25, -0.2) is 8.42 Å². The van der Waals surface area contributed by atoms with Crippen molar-refractivity contribution in [2.24, 2.45) is 5.73 Å². The topological polar surface area (TPSA) is 119 Å². The fourth-order valence-corrected chi connectivity index (χ4v) is 4.49. The van der Waals surface area contributed by atoms with E-state index in [-0.39, 0.29) is 27.6 Å². The zero-order chi connectivity index (χ0) is 21.7. The molecule has 2 amide bonds. The molecule has 0 aromatic heterocycles. The molecule has 9 heteroatoms. The van der Waals surface area contributed by atoms with Crippen molar-refractivity contribution in [2.45, 2.75) is 30.6 Å². The van der Waals surface area contributed by atoms with E-state index in [1.54, 1.807) is 4.90 Å². The van der Waals surface area contributed by atoms with Gasteiger partial charge in [-0.05, 0) is 49.2 Å². The normalized spacial score (nSPS) is 14.6. The monoisotopic (exact) mass is 431 g/mol. The van der Waals surface area contributed by atoms with E-state index >= 15 is 0 Å². The summed E-state index contributed by atoms with van der Waals surface area (Å²) in [6.45, 7) is 1.27. The molecular formula is C21H25N3O5S. The van der Waals surface area contributed by atoms with E-state index in [2.05, 4.69) is 4.72 Å². The summed E-state index contributed by atoms with van der Waals surface area (Å²) in [4.78, 5) is 26.1. The fourth-order valence-electron chi connectivity index (χ4n) is 3.42. The summed E-state index contributed by atoms with van der Waals surface area (Å²) < 4.78 is 33.5. The Hall–Kier alpha value is -3.07.